The maximum absolute atomic E-state index is 12.3. The number of aryl methyl sites for hydroxylation is 1. The number of nitro groups is 1. The Morgan fingerprint density at radius 3 is 2.58 bits per heavy atom. The normalized spacial score (nSPS) is 10.4. The van der Waals surface area contributed by atoms with Gasteiger partial charge in [-0.2, -0.15) is 0 Å². The first kappa shape index (κ1) is 17.6. The third-order valence-corrected chi connectivity index (χ3v) is 3.69. The predicted octanol–water partition coefficient (Wildman–Crippen LogP) is 3.37. The molecule has 6 nitrogen and oxygen atoms in total. The molecule has 0 aliphatic rings. The van der Waals surface area contributed by atoms with Crippen molar-refractivity contribution in [2.24, 2.45) is 0 Å². The summed E-state index contributed by atoms with van der Waals surface area (Å²) >= 11 is 0. The Hall–Kier alpha value is -2.73. The van der Waals surface area contributed by atoms with E-state index in [1.807, 2.05) is 31.2 Å². The van der Waals surface area contributed by atoms with Crippen LogP contribution in [0.1, 0.15) is 34.0 Å². The molecule has 2 rings (SSSR count). The maximum Gasteiger partial charge on any atom is 0.273 e. The number of amides is 1. The van der Waals surface area contributed by atoms with E-state index < -0.39 is 4.92 Å². The summed E-state index contributed by atoms with van der Waals surface area (Å²) in [6.45, 7) is 5.01. The highest BCUT2D eigenvalue weighted by atomic mass is 16.6. The van der Waals surface area contributed by atoms with Crippen molar-refractivity contribution in [2.75, 3.05) is 6.61 Å². The van der Waals surface area contributed by atoms with Crippen LogP contribution in [0.4, 0.5) is 5.69 Å². The number of hydrogen-bond acceptors (Lipinski definition) is 4. The van der Waals surface area contributed by atoms with Gasteiger partial charge in [0, 0.05) is 30.3 Å². The van der Waals surface area contributed by atoms with Gasteiger partial charge in [-0.25, -0.2) is 0 Å². The first-order valence-corrected chi connectivity index (χ1v) is 7.70. The fraction of sp³-hybridized carbons (Fsp3) is 0.278. The highest BCUT2D eigenvalue weighted by Crippen LogP contribution is 2.19. The van der Waals surface area contributed by atoms with Crippen molar-refractivity contribution in [3.63, 3.8) is 0 Å². The van der Waals surface area contributed by atoms with Crippen LogP contribution >= 0.6 is 0 Å². The number of rotatable bonds is 7. The standard InChI is InChI=1S/C18H20N2O4/c1-3-24-12-16-7-5-4-6-15(16)11-19-18(21)14-9-8-13(2)17(10-14)20(22)23/h4-10H,3,11-12H2,1-2H3,(H,19,21). The molecule has 2 aromatic carbocycles. The summed E-state index contributed by atoms with van der Waals surface area (Å²) in [5.74, 6) is -0.343. The highest BCUT2D eigenvalue weighted by molar-refractivity contribution is 5.94. The molecule has 0 radical (unpaired) electrons. The molecule has 0 atom stereocenters. The summed E-state index contributed by atoms with van der Waals surface area (Å²) in [5, 5.41) is 13.8. The molecule has 0 heterocycles. The van der Waals surface area contributed by atoms with E-state index in [2.05, 4.69) is 5.32 Å². The van der Waals surface area contributed by atoms with Crippen LogP contribution in [0.15, 0.2) is 42.5 Å². The minimum atomic E-state index is -0.483. The number of nitrogens with zero attached hydrogens (tertiary/aromatic N) is 1. The number of nitro benzene ring substituents is 1. The number of carbonyl (C=O) groups excluding carboxylic acids is 1. The van der Waals surface area contributed by atoms with Gasteiger partial charge in [-0.05, 0) is 31.0 Å². The third-order valence-electron chi connectivity index (χ3n) is 3.69. The number of carbonyl (C=O) groups is 1. The quantitative estimate of drug-likeness (QED) is 0.624. The van der Waals surface area contributed by atoms with E-state index in [9.17, 15) is 14.9 Å². The van der Waals surface area contributed by atoms with Gasteiger partial charge in [-0.15, -0.1) is 0 Å². The van der Waals surface area contributed by atoms with Crippen molar-refractivity contribution < 1.29 is 14.5 Å². The second kappa shape index (κ2) is 8.21. The zero-order chi connectivity index (χ0) is 17.5. The molecule has 6 heteroatoms. The summed E-state index contributed by atoms with van der Waals surface area (Å²) in [5.41, 5.74) is 2.71. The van der Waals surface area contributed by atoms with Gasteiger partial charge in [0.15, 0.2) is 0 Å². The number of hydrogen-bond donors (Lipinski definition) is 1. The van der Waals surface area contributed by atoms with Crippen molar-refractivity contribution >= 4 is 11.6 Å². The van der Waals surface area contributed by atoms with Crippen LogP contribution in [0, 0.1) is 17.0 Å². The smallest absolute Gasteiger partial charge is 0.273 e. The molecule has 0 saturated heterocycles. The molecule has 0 unspecified atom stereocenters. The lowest BCUT2D eigenvalue weighted by Crippen LogP contribution is -2.23. The first-order chi connectivity index (χ1) is 11.5. The Morgan fingerprint density at radius 2 is 1.92 bits per heavy atom. The number of nitrogens with one attached hydrogen (secondary N) is 1. The lowest BCUT2D eigenvalue weighted by molar-refractivity contribution is -0.385. The monoisotopic (exact) mass is 328 g/mol. The van der Waals surface area contributed by atoms with Crippen LogP contribution < -0.4 is 5.32 Å². The molecule has 0 spiro atoms. The Kier molecular flexibility index (Phi) is 6.03. The number of benzene rings is 2. The molecular weight excluding hydrogens is 308 g/mol. The van der Waals surface area contributed by atoms with Crippen LogP contribution in [-0.2, 0) is 17.9 Å². The van der Waals surface area contributed by atoms with E-state index in [-0.39, 0.29) is 17.2 Å². The summed E-state index contributed by atoms with van der Waals surface area (Å²) in [4.78, 5) is 22.8. The van der Waals surface area contributed by atoms with Gasteiger partial charge >= 0.3 is 0 Å². The van der Waals surface area contributed by atoms with Crippen LogP contribution in [0.2, 0.25) is 0 Å². The summed E-state index contributed by atoms with van der Waals surface area (Å²) in [7, 11) is 0. The van der Waals surface area contributed by atoms with Gasteiger partial charge in [0.2, 0.25) is 0 Å². The fourth-order valence-electron chi connectivity index (χ4n) is 2.31. The molecule has 0 aromatic heterocycles. The lowest BCUT2D eigenvalue weighted by atomic mass is 10.1. The third kappa shape index (κ3) is 4.39. The average Bonchev–Trinajstić information content (AvgIpc) is 2.58. The SMILES string of the molecule is CCOCc1ccccc1CNC(=O)c1ccc(C)c([N+](=O)[O-])c1. The fourth-order valence-corrected chi connectivity index (χ4v) is 2.31. The van der Waals surface area contributed by atoms with Crippen molar-refractivity contribution in [1.82, 2.24) is 5.32 Å². The highest BCUT2D eigenvalue weighted by Gasteiger charge is 2.15. The molecule has 0 aliphatic carbocycles. The average molecular weight is 328 g/mol. The summed E-state index contributed by atoms with van der Waals surface area (Å²) in [6.07, 6.45) is 0. The van der Waals surface area contributed by atoms with Crippen molar-refractivity contribution in [2.45, 2.75) is 27.0 Å². The van der Waals surface area contributed by atoms with Crippen LogP contribution in [0.5, 0.6) is 0 Å². The van der Waals surface area contributed by atoms with Gasteiger partial charge in [-0.1, -0.05) is 30.3 Å². The van der Waals surface area contributed by atoms with E-state index in [4.69, 9.17) is 4.74 Å². The van der Waals surface area contributed by atoms with Crippen molar-refractivity contribution in [3.05, 3.63) is 74.8 Å². The molecule has 126 valence electrons. The van der Waals surface area contributed by atoms with Crippen molar-refractivity contribution in [3.8, 4) is 0 Å². The largest absolute Gasteiger partial charge is 0.377 e. The van der Waals surface area contributed by atoms with Crippen LogP contribution in [0.3, 0.4) is 0 Å². The van der Waals surface area contributed by atoms with Gasteiger partial charge in [0.05, 0.1) is 11.5 Å². The van der Waals surface area contributed by atoms with E-state index in [0.717, 1.165) is 11.1 Å². The van der Waals surface area contributed by atoms with Gasteiger partial charge in [0.1, 0.15) is 0 Å². The molecule has 0 aliphatic heterocycles. The molecular formula is C18H20N2O4. The summed E-state index contributed by atoms with van der Waals surface area (Å²) in [6, 6.07) is 12.2. The molecule has 1 amide bonds. The lowest BCUT2D eigenvalue weighted by Gasteiger charge is -2.11. The molecule has 1 N–H and O–H groups in total. The topological polar surface area (TPSA) is 81.5 Å². The Labute approximate surface area is 140 Å². The minimum Gasteiger partial charge on any atom is -0.377 e. The molecule has 0 fully saturated rings. The Bertz CT molecular complexity index is 744. The van der Waals surface area contributed by atoms with E-state index in [0.29, 0.717) is 25.3 Å². The number of ether oxygens (including phenoxy) is 1. The first-order valence-electron chi connectivity index (χ1n) is 7.70. The predicted molar refractivity (Wildman–Crippen MR) is 90.8 cm³/mol. The van der Waals surface area contributed by atoms with Crippen molar-refractivity contribution in [1.29, 1.82) is 0 Å². The summed E-state index contributed by atoms with van der Waals surface area (Å²) < 4.78 is 5.42. The maximum atomic E-state index is 12.3. The molecule has 24 heavy (non-hydrogen) atoms. The second-order valence-corrected chi connectivity index (χ2v) is 5.35. The van der Waals surface area contributed by atoms with E-state index >= 15 is 0 Å². The van der Waals surface area contributed by atoms with Gasteiger partial charge in [-0.3, -0.25) is 14.9 Å². The van der Waals surface area contributed by atoms with Gasteiger partial charge in [0.25, 0.3) is 11.6 Å². The van der Waals surface area contributed by atoms with Gasteiger partial charge < -0.3 is 10.1 Å². The Morgan fingerprint density at radius 1 is 1.21 bits per heavy atom. The molecule has 0 bridgehead atoms. The molecule has 2 aromatic rings. The van der Waals surface area contributed by atoms with Crippen LogP contribution in [0.25, 0.3) is 0 Å². The molecule has 0 saturated carbocycles. The second-order valence-electron chi connectivity index (χ2n) is 5.35. The van der Waals surface area contributed by atoms with E-state index in [1.54, 1.807) is 19.1 Å². The zero-order valence-electron chi connectivity index (χ0n) is 13.7. The Balaban J connectivity index is 2.09. The van der Waals surface area contributed by atoms with Crippen LogP contribution in [-0.4, -0.2) is 17.4 Å². The minimum absolute atomic E-state index is 0.0561. The zero-order valence-corrected chi connectivity index (χ0v) is 13.7. The van der Waals surface area contributed by atoms with E-state index in [1.165, 1.54) is 6.07 Å².